The van der Waals surface area contributed by atoms with Crippen molar-refractivity contribution in [2.75, 3.05) is 26.7 Å². The van der Waals surface area contributed by atoms with Crippen LogP contribution in [0.25, 0.3) is 0 Å². The highest BCUT2D eigenvalue weighted by Crippen LogP contribution is 2.34. The van der Waals surface area contributed by atoms with Crippen LogP contribution in [0.5, 0.6) is 0 Å². The van der Waals surface area contributed by atoms with E-state index >= 15 is 0 Å². The third kappa shape index (κ3) is 6.62. The molecule has 2 aliphatic rings. The molecule has 2 fully saturated rings. The highest BCUT2D eigenvalue weighted by atomic mass is 127. The second-order valence-corrected chi connectivity index (χ2v) is 8.19. The maximum Gasteiger partial charge on any atom is 0.191 e. The van der Waals surface area contributed by atoms with E-state index in [1.807, 2.05) is 18.8 Å². The summed E-state index contributed by atoms with van der Waals surface area (Å²) < 4.78 is 1.97. The van der Waals surface area contributed by atoms with Crippen molar-refractivity contribution in [3.63, 3.8) is 0 Å². The van der Waals surface area contributed by atoms with Crippen molar-refractivity contribution >= 4 is 29.9 Å². The van der Waals surface area contributed by atoms with Gasteiger partial charge in [0.25, 0.3) is 0 Å². The smallest absolute Gasteiger partial charge is 0.191 e. The second kappa shape index (κ2) is 10.1. The Bertz CT molecular complexity index is 633. The molecule has 0 amide bonds. The first-order chi connectivity index (χ1) is 12.5. The summed E-state index contributed by atoms with van der Waals surface area (Å²) in [6.07, 6.45) is 6.61. The topological polar surface area (TPSA) is 57.5 Å². The molecule has 0 aliphatic heterocycles. The molecule has 0 bridgehead atoms. The molecule has 2 aliphatic carbocycles. The van der Waals surface area contributed by atoms with Crippen LogP contribution in [0.4, 0.5) is 0 Å². The largest absolute Gasteiger partial charge is 0.355 e. The summed E-state index contributed by atoms with van der Waals surface area (Å²) in [7, 11) is 3.86. The molecule has 1 aromatic rings. The van der Waals surface area contributed by atoms with Gasteiger partial charge >= 0.3 is 0 Å². The molecular formula is C20H37IN6. The summed E-state index contributed by atoms with van der Waals surface area (Å²) in [6.45, 7) is 9.82. The molecule has 1 aromatic heterocycles. The van der Waals surface area contributed by atoms with Gasteiger partial charge in [-0.3, -0.25) is 14.6 Å². The van der Waals surface area contributed by atoms with Gasteiger partial charge in [-0.05, 0) is 64.4 Å². The van der Waals surface area contributed by atoms with Gasteiger partial charge in [-0.1, -0.05) is 0 Å². The fraction of sp³-hybridized carbons (Fsp3) is 0.800. The average Bonchev–Trinajstić information content (AvgIpc) is 3.50. The molecule has 1 heterocycles. The van der Waals surface area contributed by atoms with E-state index in [9.17, 15) is 0 Å². The zero-order valence-electron chi connectivity index (χ0n) is 17.6. The number of rotatable bonds is 9. The molecule has 1 atom stereocenters. The van der Waals surface area contributed by atoms with Gasteiger partial charge in [0.15, 0.2) is 5.96 Å². The maximum absolute atomic E-state index is 4.52. The van der Waals surface area contributed by atoms with E-state index in [1.165, 1.54) is 43.5 Å². The summed E-state index contributed by atoms with van der Waals surface area (Å²) in [5.41, 5.74) is 3.72. The van der Waals surface area contributed by atoms with E-state index in [0.717, 1.165) is 43.1 Å². The molecule has 3 rings (SSSR count). The number of hydrogen-bond acceptors (Lipinski definition) is 3. The van der Waals surface area contributed by atoms with Gasteiger partial charge < -0.3 is 10.6 Å². The number of halogens is 1. The highest BCUT2D eigenvalue weighted by molar-refractivity contribution is 14.0. The van der Waals surface area contributed by atoms with Gasteiger partial charge in [-0.25, -0.2) is 0 Å². The van der Waals surface area contributed by atoms with E-state index in [1.54, 1.807) is 0 Å². The van der Waals surface area contributed by atoms with Crippen LogP contribution in [0.1, 0.15) is 49.6 Å². The Balaban J connectivity index is 0.00000261. The Morgan fingerprint density at radius 3 is 2.52 bits per heavy atom. The van der Waals surface area contributed by atoms with E-state index in [-0.39, 0.29) is 24.0 Å². The number of guanidine groups is 1. The first-order valence-corrected chi connectivity index (χ1v) is 10.2. The number of nitrogens with zero attached hydrogens (tertiary/aromatic N) is 4. The van der Waals surface area contributed by atoms with Crippen molar-refractivity contribution in [1.82, 2.24) is 25.3 Å². The zero-order valence-corrected chi connectivity index (χ0v) is 19.9. The molecule has 0 aromatic carbocycles. The summed E-state index contributed by atoms with van der Waals surface area (Å²) in [5.74, 6) is 1.87. The van der Waals surface area contributed by atoms with Crippen molar-refractivity contribution < 1.29 is 0 Å². The van der Waals surface area contributed by atoms with Gasteiger partial charge in [0, 0.05) is 51.5 Å². The summed E-state index contributed by atoms with van der Waals surface area (Å²) >= 11 is 0. The second-order valence-electron chi connectivity index (χ2n) is 8.19. The standard InChI is InChI=1S/C20H36N6.HI/c1-14(12-19-15(2)24-25(5)16(19)3)23-20(21-4)22-10-11-26(18-8-9-18)13-17-6-7-17;/h14,17-18H,6-13H2,1-5H3,(H2,21,22,23);1H. The van der Waals surface area contributed by atoms with E-state index in [4.69, 9.17) is 0 Å². The van der Waals surface area contributed by atoms with Crippen molar-refractivity contribution in [2.24, 2.45) is 18.0 Å². The quantitative estimate of drug-likeness (QED) is 0.319. The lowest BCUT2D eigenvalue weighted by Crippen LogP contribution is -2.46. The molecule has 6 nitrogen and oxygen atoms in total. The number of aliphatic imine (C=N–C) groups is 1. The lowest BCUT2D eigenvalue weighted by molar-refractivity contribution is 0.256. The normalized spacial score (nSPS) is 18.4. The highest BCUT2D eigenvalue weighted by Gasteiger charge is 2.33. The number of nitrogens with one attached hydrogen (secondary N) is 2. The maximum atomic E-state index is 4.52. The molecule has 0 radical (unpaired) electrons. The molecule has 27 heavy (non-hydrogen) atoms. The van der Waals surface area contributed by atoms with E-state index < -0.39 is 0 Å². The predicted octanol–water partition coefficient (Wildman–Crippen LogP) is 2.63. The Morgan fingerprint density at radius 1 is 1.30 bits per heavy atom. The molecule has 0 saturated heterocycles. The average molecular weight is 488 g/mol. The van der Waals surface area contributed by atoms with Crippen LogP contribution >= 0.6 is 24.0 Å². The third-order valence-electron chi connectivity index (χ3n) is 5.72. The van der Waals surface area contributed by atoms with Crippen molar-refractivity contribution in [1.29, 1.82) is 0 Å². The van der Waals surface area contributed by atoms with Crippen LogP contribution in [-0.2, 0) is 13.5 Å². The van der Waals surface area contributed by atoms with Crippen molar-refractivity contribution in [2.45, 2.75) is 65.0 Å². The minimum atomic E-state index is 0. The zero-order chi connectivity index (χ0) is 18.7. The summed E-state index contributed by atoms with van der Waals surface area (Å²) in [5, 5.41) is 11.6. The molecule has 2 N–H and O–H groups in total. The number of aromatic nitrogens is 2. The molecule has 0 spiro atoms. The fourth-order valence-electron chi connectivity index (χ4n) is 3.71. The van der Waals surface area contributed by atoms with Gasteiger partial charge in [0.05, 0.1) is 5.69 Å². The monoisotopic (exact) mass is 488 g/mol. The van der Waals surface area contributed by atoms with Crippen LogP contribution < -0.4 is 10.6 Å². The Morgan fingerprint density at radius 2 is 2.00 bits per heavy atom. The number of hydrogen-bond donors (Lipinski definition) is 2. The fourth-order valence-corrected chi connectivity index (χ4v) is 3.71. The van der Waals surface area contributed by atoms with Crippen LogP contribution in [0.2, 0.25) is 0 Å². The number of aryl methyl sites for hydroxylation is 2. The predicted molar refractivity (Wildman–Crippen MR) is 123 cm³/mol. The van der Waals surface area contributed by atoms with Crippen LogP contribution in [-0.4, -0.2) is 59.4 Å². The van der Waals surface area contributed by atoms with Crippen LogP contribution in [0.15, 0.2) is 4.99 Å². The van der Waals surface area contributed by atoms with Crippen LogP contribution in [0.3, 0.4) is 0 Å². The third-order valence-corrected chi connectivity index (χ3v) is 5.72. The van der Waals surface area contributed by atoms with Crippen molar-refractivity contribution in [3.05, 3.63) is 17.0 Å². The first-order valence-electron chi connectivity index (χ1n) is 10.2. The minimum absolute atomic E-state index is 0. The molecule has 1 unspecified atom stereocenters. The molecule has 2 saturated carbocycles. The first kappa shape index (κ1) is 22.5. The molecular weight excluding hydrogens is 451 g/mol. The summed E-state index contributed by atoms with van der Waals surface area (Å²) in [6, 6.07) is 1.16. The summed E-state index contributed by atoms with van der Waals surface area (Å²) in [4.78, 5) is 7.09. The van der Waals surface area contributed by atoms with Crippen molar-refractivity contribution in [3.8, 4) is 0 Å². The van der Waals surface area contributed by atoms with Gasteiger partial charge in [0.1, 0.15) is 0 Å². The Hall–Kier alpha value is -0.830. The Kier molecular flexibility index (Phi) is 8.39. The lowest BCUT2D eigenvalue weighted by atomic mass is 10.1. The molecule has 154 valence electrons. The Labute approximate surface area is 181 Å². The van der Waals surface area contributed by atoms with Gasteiger partial charge in [-0.15, -0.1) is 24.0 Å². The lowest BCUT2D eigenvalue weighted by Gasteiger charge is -2.23. The van der Waals surface area contributed by atoms with Crippen LogP contribution in [0, 0.1) is 19.8 Å². The van der Waals surface area contributed by atoms with Gasteiger partial charge in [0.2, 0.25) is 0 Å². The minimum Gasteiger partial charge on any atom is -0.355 e. The SMILES string of the molecule is CN=C(NCCN(CC1CC1)C1CC1)NC(C)Cc1c(C)nn(C)c1C.I. The van der Waals surface area contributed by atoms with E-state index in [0.29, 0.717) is 6.04 Å². The van der Waals surface area contributed by atoms with Gasteiger partial charge in [-0.2, -0.15) is 5.10 Å². The van der Waals surface area contributed by atoms with E-state index in [2.05, 4.69) is 46.4 Å². The molecule has 7 heteroatoms.